The molecule has 1 rings (SSSR count). The maximum Gasteiger partial charge on any atom is 0.240 e. The highest BCUT2D eigenvalue weighted by Crippen LogP contribution is 2.11. The summed E-state index contributed by atoms with van der Waals surface area (Å²) in [7, 11) is 0. The van der Waals surface area contributed by atoms with Crippen molar-refractivity contribution < 1.29 is 9.59 Å². The average molecular weight is 241 g/mol. The third-order valence-electron chi connectivity index (χ3n) is 2.85. The Labute approximate surface area is 103 Å². The zero-order valence-corrected chi connectivity index (χ0v) is 10.7. The number of primary amides is 1. The van der Waals surface area contributed by atoms with Gasteiger partial charge in [0.15, 0.2) is 0 Å². The van der Waals surface area contributed by atoms with Gasteiger partial charge in [0.05, 0.1) is 12.6 Å². The molecule has 0 unspecified atom stereocenters. The molecule has 0 aromatic heterocycles. The van der Waals surface area contributed by atoms with Crippen LogP contribution in [-0.4, -0.2) is 42.4 Å². The monoisotopic (exact) mass is 241 g/mol. The van der Waals surface area contributed by atoms with E-state index in [9.17, 15) is 9.59 Å². The number of hydrogen-bond donors (Lipinski definition) is 2. The molecule has 1 fully saturated rings. The molecule has 0 saturated carbocycles. The molecule has 0 radical (unpaired) electrons. The van der Waals surface area contributed by atoms with Crippen LogP contribution in [0.4, 0.5) is 0 Å². The predicted molar refractivity (Wildman–Crippen MR) is 66.3 cm³/mol. The second-order valence-electron chi connectivity index (χ2n) is 5.08. The van der Waals surface area contributed by atoms with E-state index in [1.807, 2.05) is 13.8 Å². The molecule has 1 heterocycles. The van der Waals surface area contributed by atoms with Crippen LogP contribution in [0.25, 0.3) is 0 Å². The molecule has 0 spiro atoms. The van der Waals surface area contributed by atoms with Gasteiger partial charge in [-0.05, 0) is 25.3 Å². The summed E-state index contributed by atoms with van der Waals surface area (Å²) in [4.78, 5) is 24.8. The summed E-state index contributed by atoms with van der Waals surface area (Å²) in [6.07, 6.45) is 3.03. The van der Waals surface area contributed by atoms with E-state index < -0.39 is 5.91 Å². The van der Waals surface area contributed by atoms with Crippen LogP contribution < -0.4 is 11.1 Å². The van der Waals surface area contributed by atoms with E-state index in [2.05, 4.69) is 5.32 Å². The summed E-state index contributed by atoms with van der Waals surface area (Å²) < 4.78 is 0. The number of hydrogen-bond acceptors (Lipinski definition) is 3. The lowest BCUT2D eigenvalue weighted by molar-refractivity contribution is -0.138. The molecule has 1 saturated heterocycles. The van der Waals surface area contributed by atoms with Gasteiger partial charge in [-0.15, -0.1) is 0 Å². The summed E-state index contributed by atoms with van der Waals surface area (Å²) in [5, 5.41) is 3.20. The molecule has 17 heavy (non-hydrogen) atoms. The number of carbonyl (C=O) groups is 2. The Balaban J connectivity index is 2.60. The Hall–Kier alpha value is -1.10. The van der Waals surface area contributed by atoms with Crippen molar-refractivity contribution in [1.29, 1.82) is 0 Å². The fraction of sp³-hybridized carbons (Fsp3) is 0.833. The number of rotatable bonds is 5. The fourth-order valence-electron chi connectivity index (χ4n) is 2.14. The number of nitrogens with one attached hydrogen (secondary N) is 1. The van der Waals surface area contributed by atoms with Crippen molar-refractivity contribution in [3.63, 3.8) is 0 Å². The molecular weight excluding hydrogens is 218 g/mol. The van der Waals surface area contributed by atoms with Crippen molar-refractivity contribution in [2.45, 2.75) is 39.2 Å². The van der Waals surface area contributed by atoms with Gasteiger partial charge in [-0.2, -0.15) is 0 Å². The van der Waals surface area contributed by atoms with E-state index in [1.165, 1.54) is 0 Å². The molecule has 1 atom stereocenters. The zero-order valence-electron chi connectivity index (χ0n) is 10.7. The number of nitrogens with zero attached hydrogens (tertiary/aromatic N) is 1. The third-order valence-corrected chi connectivity index (χ3v) is 2.85. The Kier molecular flexibility index (Phi) is 5.41. The third kappa shape index (κ3) is 4.73. The topological polar surface area (TPSA) is 75.4 Å². The first-order valence-corrected chi connectivity index (χ1v) is 6.31. The Morgan fingerprint density at radius 2 is 2.12 bits per heavy atom. The molecule has 5 heteroatoms. The van der Waals surface area contributed by atoms with Gasteiger partial charge in [-0.1, -0.05) is 20.3 Å². The van der Waals surface area contributed by atoms with Gasteiger partial charge in [-0.25, -0.2) is 0 Å². The summed E-state index contributed by atoms with van der Waals surface area (Å²) in [5.41, 5.74) is 5.18. The van der Waals surface area contributed by atoms with Gasteiger partial charge >= 0.3 is 0 Å². The molecule has 3 N–H and O–H groups in total. The fourth-order valence-corrected chi connectivity index (χ4v) is 2.14. The Morgan fingerprint density at radius 3 is 2.59 bits per heavy atom. The van der Waals surface area contributed by atoms with Gasteiger partial charge in [0.2, 0.25) is 11.8 Å². The lowest BCUT2D eigenvalue weighted by atomic mass is 10.0. The van der Waals surface area contributed by atoms with Gasteiger partial charge < -0.3 is 16.0 Å². The summed E-state index contributed by atoms with van der Waals surface area (Å²) >= 11 is 0. The second-order valence-corrected chi connectivity index (χ2v) is 5.08. The molecule has 0 bridgehead atoms. The number of nitrogens with two attached hydrogens (primary N) is 1. The van der Waals surface area contributed by atoms with Gasteiger partial charge in [-0.3, -0.25) is 9.59 Å². The van der Waals surface area contributed by atoms with Crippen LogP contribution in [0.5, 0.6) is 0 Å². The van der Waals surface area contributed by atoms with Crippen LogP contribution in [0, 0.1) is 5.92 Å². The standard InChI is InChI=1S/C12H23N3O2/c1-9(2)7-15(8-11(13)16)12(17)10-5-3-4-6-14-10/h9-10,14H,3-8H2,1-2H3,(H2,13,16)/t10-/m1/s1. The van der Waals surface area contributed by atoms with E-state index in [-0.39, 0.29) is 18.5 Å². The van der Waals surface area contributed by atoms with Crippen LogP contribution in [0.15, 0.2) is 0 Å². The molecule has 0 aromatic carbocycles. The van der Waals surface area contributed by atoms with Crippen LogP contribution >= 0.6 is 0 Å². The largest absolute Gasteiger partial charge is 0.368 e. The highest BCUT2D eigenvalue weighted by molar-refractivity contribution is 5.87. The normalized spacial score (nSPS) is 20.3. The van der Waals surface area contributed by atoms with Crippen molar-refractivity contribution >= 4 is 11.8 Å². The van der Waals surface area contributed by atoms with Gasteiger partial charge in [0.1, 0.15) is 0 Å². The van der Waals surface area contributed by atoms with Crippen molar-refractivity contribution in [1.82, 2.24) is 10.2 Å². The highest BCUT2D eigenvalue weighted by atomic mass is 16.2. The summed E-state index contributed by atoms with van der Waals surface area (Å²) in [6.45, 7) is 5.53. The molecule has 5 nitrogen and oxygen atoms in total. The maximum absolute atomic E-state index is 12.2. The van der Waals surface area contributed by atoms with Crippen molar-refractivity contribution in [3.8, 4) is 0 Å². The van der Waals surface area contributed by atoms with E-state index in [4.69, 9.17) is 5.73 Å². The van der Waals surface area contributed by atoms with E-state index >= 15 is 0 Å². The quantitative estimate of drug-likeness (QED) is 0.716. The Morgan fingerprint density at radius 1 is 1.41 bits per heavy atom. The Bertz CT molecular complexity index is 273. The molecule has 98 valence electrons. The molecular formula is C12H23N3O2. The second kappa shape index (κ2) is 6.59. The van der Waals surface area contributed by atoms with Crippen molar-refractivity contribution in [2.75, 3.05) is 19.6 Å². The number of amides is 2. The summed E-state index contributed by atoms with van der Waals surface area (Å²) in [6, 6.07) is -0.137. The first-order valence-electron chi connectivity index (χ1n) is 6.31. The highest BCUT2D eigenvalue weighted by Gasteiger charge is 2.26. The molecule has 0 aromatic rings. The lowest BCUT2D eigenvalue weighted by Gasteiger charge is -2.30. The van der Waals surface area contributed by atoms with Crippen LogP contribution in [0.3, 0.4) is 0 Å². The number of carbonyl (C=O) groups excluding carboxylic acids is 2. The van der Waals surface area contributed by atoms with E-state index in [1.54, 1.807) is 4.90 Å². The van der Waals surface area contributed by atoms with Crippen LogP contribution in [-0.2, 0) is 9.59 Å². The molecule has 0 aliphatic carbocycles. The minimum Gasteiger partial charge on any atom is -0.368 e. The lowest BCUT2D eigenvalue weighted by Crippen LogP contribution is -2.51. The zero-order chi connectivity index (χ0) is 12.8. The van der Waals surface area contributed by atoms with Gasteiger partial charge in [0.25, 0.3) is 0 Å². The van der Waals surface area contributed by atoms with E-state index in [0.29, 0.717) is 12.5 Å². The van der Waals surface area contributed by atoms with E-state index in [0.717, 1.165) is 25.8 Å². The SMILES string of the molecule is CC(C)CN(CC(N)=O)C(=O)[C@H]1CCCCN1. The van der Waals surface area contributed by atoms with Crippen molar-refractivity contribution in [2.24, 2.45) is 11.7 Å². The number of piperidine rings is 1. The average Bonchev–Trinajstić information content (AvgIpc) is 2.27. The minimum absolute atomic E-state index is 0.0113. The van der Waals surface area contributed by atoms with Crippen LogP contribution in [0.2, 0.25) is 0 Å². The minimum atomic E-state index is -0.449. The predicted octanol–water partition coefficient (Wildman–Crippen LogP) is 0.0984. The molecule has 2 amide bonds. The molecule has 1 aliphatic heterocycles. The van der Waals surface area contributed by atoms with Crippen LogP contribution in [0.1, 0.15) is 33.1 Å². The molecule has 1 aliphatic rings. The summed E-state index contributed by atoms with van der Waals surface area (Å²) in [5.74, 6) is -0.103. The van der Waals surface area contributed by atoms with Crippen molar-refractivity contribution in [3.05, 3.63) is 0 Å². The first-order chi connectivity index (χ1) is 8.00. The smallest absolute Gasteiger partial charge is 0.240 e. The maximum atomic E-state index is 12.2. The van der Waals surface area contributed by atoms with Gasteiger partial charge in [0, 0.05) is 6.54 Å². The first kappa shape index (κ1) is 14.0.